The molecule has 0 radical (unpaired) electrons. The zero-order chi connectivity index (χ0) is 15.4. The molecule has 2 N–H and O–H groups in total. The fraction of sp³-hybridized carbons (Fsp3) is 0.214. The van der Waals surface area contributed by atoms with Crippen LogP contribution in [0, 0.1) is 12.7 Å². The summed E-state index contributed by atoms with van der Waals surface area (Å²) in [7, 11) is 0. The largest absolute Gasteiger partial charge is 0.315 e. The molecule has 2 amide bonds. The Bertz CT molecular complexity index is 681. The molecule has 0 bridgehead atoms. The number of rotatable bonds is 3. The van der Waals surface area contributed by atoms with Gasteiger partial charge in [0.2, 0.25) is 0 Å². The number of anilines is 2. The highest BCUT2D eigenvalue weighted by atomic mass is 19.1. The van der Waals surface area contributed by atoms with Crippen molar-refractivity contribution in [2.75, 3.05) is 10.6 Å². The molecule has 0 unspecified atom stereocenters. The molecule has 110 valence electrons. The van der Waals surface area contributed by atoms with Crippen molar-refractivity contribution in [3.05, 3.63) is 42.0 Å². The van der Waals surface area contributed by atoms with Crippen molar-refractivity contribution >= 4 is 23.2 Å². The average molecular weight is 290 g/mol. The van der Waals surface area contributed by atoms with E-state index in [2.05, 4.69) is 15.7 Å². The lowest BCUT2D eigenvalue weighted by Crippen LogP contribution is -2.29. The van der Waals surface area contributed by atoms with E-state index in [9.17, 15) is 14.0 Å². The van der Waals surface area contributed by atoms with Gasteiger partial charge in [0, 0.05) is 12.7 Å². The molecule has 1 aromatic heterocycles. The van der Waals surface area contributed by atoms with E-state index in [1.165, 1.54) is 18.3 Å². The van der Waals surface area contributed by atoms with Gasteiger partial charge in [-0.2, -0.15) is 5.10 Å². The van der Waals surface area contributed by atoms with Crippen LogP contribution >= 0.6 is 0 Å². The van der Waals surface area contributed by atoms with Crippen molar-refractivity contribution in [2.24, 2.45) is 0 Å². The zero-order valence-electron chi connectivity index (χ0n) is 11.7. The van der Waals surface area contributed by atoms with Gasteiger partial charge in [0.05, 0.1) is 17.6 Å². The summed E-state index contributed by atoms with van der Waals surface area (Å²) in [5.74, 6) is -2.42. The Morgan fingerprint density at radius 2 is 2.00 bits per heavy atom. The Morgan fingerprint density at radius 1 is 1.29 bits per heavy atom. The number of nitrogens with one attached hydrogen (secondary N) is 2. The SMILES string of the molecule is CCn1cc(NC(=O)C(=O)Nc2cc(C)ccc2F)cn1. The highest BCUT2D eigenvalue weighted by molar-refractivity contribution is 6.43. The topological polar surface area (TPSA) is 76.0 Å². The van der Waals surface area contributed by atoms with Gasteiger partial charge in [-0.3, -0.25) is 14.3 Å². The molecule has 0 aliphatic carbocycles. The molecule has 0 aliphatic heterocycles. The summed E-state index contributed by atoms with van der Waals surface area (Å²) in [4.78, 5) is 23.5. The van der Waals surface area contributed by atoms with Gasteiger partial charge in [-0.15, -0.1) is 0 Å². The van der Waals surface area contributed by atoms with Crippen molar-refractivity contribution in [1.29, 1.82) is 0 Å². The Hall–Kier alpha value is -2.70. The van der Waals surface area contributed by atoms with E-state index in [0.717, 1.165) is 5.56 Å². The predicted molar refractivity (Wildman–Crippen MR) is 76.3 cm³/mol. The minimum Gasteiger partial charge on any atom is -0.315 e. The summed E-state index contributed by atoms with van der Waals surface area (Å²) >= 11 is 0. The van der Waals surface area contributed by atoms with E-state index in [4.69, 9.17) is 0 Å². The molecule has 0 saturated carbocycles. The first kappa shape index (κ1) is 14.7. The lowest BCUT2D eigenvalue weighted by atomic mass is 10.2. The van der Waals surface area contributed by atoms with Crippen molar-refractivity contribution in [2.45, 2.75) is 20.4 Å². The second-order valence-electron chi connectivity index (χ2n) is 4.48. The third-order valence-corrected chi connectivity index (χ3v) is 2.79. The highest BCUT2D eigenvalue weighted by Crippen LogP contribution is 2.15. The van der Waals surface area contributed by atoms with Crippen LogP contribution in [0.15, 0.2) is 30.6 Å². The number of aromatic nitrogens is 2. The molecule has 0 atom stereocenters. The van der Waals surface area contributed by atoms with E-state index >= 15 is 0 Å². The molecule has 0 spiro atoms. The number of hydrogen-bond donors (Lipinski definition) is 2. The summed E-state index contributed by atoms with van der Waals surface area (Å²) in [6.07, 6.45) is 3.03. The molecule has 2 rings (SSSR count). The predicted octanol–water partition coefficient (Wildman–Crippen LogP) is 1.93. The monoisotopic (exact) mass is 290 g/mol. The summed E-state index contributed by atoms with van der Waals surface area (Å²) in [6, 6.07) is 4.26. The van der Waals surface area contributed by atoms with Crippen molar-refractivity contribution in [1.82, 2.24) is 9.78 Å². The number of carbonyl (C=O) groups excluding carboxylic acids is 2. The van der Waals surface area contributed by atoms with Gasteiger partial charge in [-0.05, 0) is 31.5 Å². The molecule has 6 nitrogen and oxygen atoms in total. The smallest absolute Gasteiger partial charge is 0.314 e. The zero-order valence-corrected chi connectivity index (χ0v) is 11.7. The molecule has 2 aromatic rings. The Morgan fingerprint density at radius 3 is 2.67 bits per heavy atom. The van der Waals surface area contributed by atoms with Crippen LogP contribution in [-0.4, -0.2) is 21.6 Å². The van der Waals surface area contributed by atoms with Crippen LogP contribution < -0.4 is 10.6 Å². The van der Waals surface area contributed by atoms with E-state index in [0.29, 0.717) is 12.2 Å². The molecule has 0 aliphatic rings. The van der Waals surface area contributed by atoms with Crippen molar-refractivity contribution < 1.29 is 14.0 Å². The first-order valence-corrected chi connectivity index (χ1v) is 6.40. The number of carbonyl (C=O) groups is 2. The average Bonchev–Trinajstić information content (AvgIpc) is 2.90. The Balaban J connectivity index is 2.02. The number of amides is 2. The molecule has 1 heterocycles. The summed E-state index contributed by atoms with van der Waals surface area (Å²) in [5.41, 5.74) is 1.15. The van der Waals surface area contributed by atoms with Crippen LogP contribution in [0.5, 0.6) is 0 Å². The minimum absolute atomic E-state index is 0.0283. The van der Waals surface area contributed by atoms with Crippen LogP contribution in [0.25, 0.3) is 0 Å². The standard InChI is InChI=1S/C14H15FN4O2/c1-3-19-8-10(7-16-19)17-13(20)14(21)18-12-6-9(2)4-5-11(12)15/h4-8H,3H2,1-2H3,(H,17,20)(H,18,21). The lowest BCUT2D eigenvalue weighted by Gasteiger charge is -2.07. The maximum absolute atomic E-state index is 13.5. The number of benzene rings is 1. The molecular weight excluding hydrogens is 275 g/mol. The maximum Gasteiger partial charge on any atom is 0.314 e. The second-order valence-corrected chi connectivity index (χ2v) is 4.48. The molecule has 7 heteroatoms. The highest BCUT2D eigenvalue weighted by Gasteiger charge is 2.16. The first-order chi connectivity index (χ1) is 9.99. The molecule has 21 heavy (non-hydrogen) atoms. The van der Waals surface area contributed by atoms with E-state index < -0.39 is 17.6 Å². The Kier molecular flexibility index (Phi) is 4.32. The fourth-order valence-electron chi connectivity index (χ4n) is 1.70. The summed E-state index contributed by atoms with van der Waals surface area (Å²) < 4.78 is 15.1. The van der Waals surface area contributed by atoms with Crippen LogP contribution in [0.4, 0.5) is 15.8 Å². The van der Waals surface area contributed by atoms with Crippen molar-refractivity contribution in [3.63, 3.8) is 0 Å². The summed E-state index contributed by atoms with van der Waals surface area (Å²) in [5, 5.41) is 8.60. The van der Waals surface area contributed by atoms with Crippen LogP contribution in [-0.2, 0) is 16.1 Å². The van der Waals surface area contributed by atoms with Gasteiger partial charge < -0.3 is 10.6 Å². The van der Waals surface area contributed by atoms with Gasteiger partial charge in [0.15, 0.2) is 0 Å². The first-order valence-electron chi connectivity index (χ1n) is 6.40. The number of halogens is 1. The van der Waals surface area contributed by atoms with Gasteiger partial charge in [0.25, 0.3) is 0 Å². The van der Waals surface area contributed by atoms with Crippen molar-refractivity contribution in [3.8, 4) is 0 Å². The number of hydrogen-bond acceptors (Lipinski definition) is 3. The van der Waals surface area contributed by atoms with Gasteiger partial charge in [0.1, 0.15) is 5.82 Å². The number of aryl methyl sites for hydroxylation is 2. The van der Waals surface area contributed by atoms with Gasteiger partial charge in [-0.25, -0.2) is 4.39 Å². The third kappa shape index (κ3) is 3.65. The second kappa shape index (κ2) is 6.17. The van der Waals surface area contributed by atoms with E-state index in [-0.39, 0.29) is 5.69 Å². The summed E-state index contributed by atoms with van der Waals surface area (Å²) in [6.45, 7) is 4.30. The molecule has 0 fully saturated rings. The lowest BCUT2D eigenvalue weighted by molar-refractivity contribution is -0.133. The van der Waals surface area contributed by atoms with Gasteiger partial charge in [-0.1, -0.05) is 6.07 Å². The Labute approximate surface area is 121 Å². The fourth-order valence-corrected chi connectivity index (χ4v) is 1.70. The molecule has 1 aromatic carbocycles. The van der Waals surface area contributed by atoms with E-state index in [1.54, 1.807) is 23.9 Å². The quantitative estimate of drug-likeness (QED) is 0.848. The third-order valence-electron chi connectivity index (χ3n) is 2.79. The van der Waals surface area contributed by atoms with Crippen LogP contribution in [0.3, 0.4) is 0 Å². The molecule has 0 saturated heterocycles. The van der Waals surface area contributed by atoms with Gasteiger partial charge >= 0.3 is 11.8 Å². The normalized spacial score (nSPS) is 10.2. The number of nitrogens with zero attached hydrogens (tertiary/aromatic N) is 2. The van der Waals surface area contributed by atoms with Crippen LogP contribution in [0.1, 0.15) is 12.5 Å². The minimum atomic E-state index is -0.941. The van der Waals surface area contributed by atoms with E-state index in [1.807, 2.05) is 6.92 Å². The molecular formula is C14H15FN4O2. The maximum atomic E-state index is 13.5. The van der Waals surface area contributed by atoms with Crippen LogP contribution in [0.2, 0.25) is 0 Å².